The molecule has 0 unspecified atom stereocenters. The van der Waals surface area contributed by atoms with Crippen molar-refractivity contribution in [1.29, 1.82) is 5.26 Å². The van der Waals surface area contributed by atoms with Gasteiger partial charge in [-0.25, -0.2) is 4.98 Å². The zero-order valence-electron chi connectivity index (χ0n) is 13.8. The Kier molecular flexibility index (Phi) is 4.50. The third-order valence-electron chi connectivity index (χ3n) is 3.87. The maximum atomic E-state index is 9.46. The minimum absolute atomic E-state index is 0.246. The summed E-state index contributed by atoms with van der Waals surface area (Å²) in [6, 6.07) is 17.9. The first-order chi connectivity index (χ1) is 12.8. The summed E-state index contributed by atoms with van der Waals surface area (Å²) in [6.07, 6.45) is 5.62. The molecular formula is C21H14N2O2S. The van der Waals surface area contributed by atoms with Crippen molar-refractivity contribution >= 4 is 23.0 Å². The summed E-state index contributed by atoms with van der Waals surface area (Å²) >= 11 is 1.45. The summed E-state index contributed by atoms with van der Waals surface area (Å²) in [7, 11) is 0. The second kappa shape index (κ2) is 7.26. The van der Waals surface area contributed by atoms with Gasteiger partial charge in [-0.05, 0) is 29.8 Å². The van der Waals surface area contributed by atoms with E-state index >= 15 is 0 Å². The lowest BCUT2D eigenvalue weighted by Gasteiger charge is -1.99. The molecule has 0 amide bonds. The van der Waals surface area contributed by atoms with E-state index in [2.05, 4.69) is 11.1 Å². The number of thiazole rings is 1. The molecule has 0 aliphatic carbocycles. The number of ether oxygens (including phenoxy) is 2. The van der Waals surface area contributed by atoms with Crippen molar-refractivity contribution in [2.45, 2.75) is 0 Å². The van der Waals surface area contributed by atoms with Gasteiger partial charge in [0.15, 0.2) is 11.5 Å². The number of hydrogen-bond acceptors (Lipinski definition) is 5. The van der Waals surface area contributed by atoms with Crippen molar-refractivity contribution < 1.29 is 9.47 Å². The highest BCUT2D eigenvalue weighted by Crippen LogP contribution is 2.36. The second-order valence-corrected chi connectivity index (χ2v) is 6.43. The first-order valence-electron chi connectivity index (χ1n) is 8.03. The summed E-state index contributed by atoms with van der Waals surface area (Å²) in [5.41, 5.74) is 3.38. The Morgan fingerprint density at radius 3 is 2.81 bits per heavy atom. The Balaban J connectivity index is 1.57. The predicted molar refractivity (Wildman–Crippen MR) is 103 cm³/mol. The van der Waals surface area contributed by atoms with Crippen LogP contribution in [0, 0.1) is 11.3 Å². The van der Waals surface area contributed by atoms with Crippen LogP contribution in [0.3, 0.4) is 0 Å². The standard InChI is InChI=1S/C21H14N2O2S/c22-12-17(8-4-7-15-5-2-1-3-6-15)21-23-18(13-26-21)16-9-10-19-20(11-16)25-14-24-19/h1-11,13H,14H2/b7-4+,17-8-. The van der Waals surface area contributed by atoms with Crippen LogP contribution in [-0.4, -0.2) is 11.8 Å². The molecule has 4 nitrogen and oxygen atoms in total. The molecule has 2 aromatic carbocycles. The molecule has 0 saturated carbocycles. The second-order valence-electron chi connectivity index (χ2n) is 5.57. The van der Waals surface area contributed by atoms with E-state index in [9.17, 15) is 5.26 Å². The van der Waals surface area contributed by atoms with Crippen LogP contribution < -0.4 is 9.47 Å². The van der Waals surface area contributed by atoms with E-state index in [1.165, 1.54) is 11.3 Å². The Hall–Kier alpha value is -3.36. The first-order valence-corrected chi connectivity index (χ1v) is 8.91. The van der Waals surface area contributed by atoms with Gasteiger partial charge < -0.3 is 9.47 Å². The molecule has 0 fully saturated rings. The smallest absolute Gasteiger partial charge is 0.231 e. The molecule has 2 heterocycles. The molecule has 1 aromatic heterocycles. The van der Waals surface area contributed by atoms with Gasteiger partial charge in [0.1, 0.15) is 11.1 Å². The molecule has 26 heavy (non-hydrogen) atoms. The minimum atomic E-state index is 0.246. The van der Waals surface area contributed by atoms with Gasteiger partial charge in [0, 0.05) is 10.9 Å². The van der Waals surface area contributed by atoms with Crippen molar-refractivity contribution in [2.75, 3.05) is 6.79 Å². The summed E-state index contributed by atoms with van der Waals surface area (Å²) < 4.78 is 10.7. The van der Waals surface area contributed by atoms with Gasteiger partial charge in [0.2, 0.25) is 6.79 Å². The highest BCUT2D eigenvalue weighted by atomic mass is 32.1. The van der Waals surface area contributed by atoms with E-state index in [1.807, 2.05) is 66.1 Å². The molecule has 0 bridgehead atoms. The summed E-state index contributed by atoms with van der Waals surface area (Å²) in [5.74, 6) is 1.46. The average molecular weight is 358 g/mol. The molecule has 0 spiro atoms. The van der Waals surface area contributed by atoms with Crippen LogP contribution in [0.25, 0.3) is 22.9 Å². The van der Waals surface area contributed by atoms with Gasteiger partial charge in [-0.1, -0.05) is 42.5 Å². The largest absolute Gasteiger partial charge is 0.454 e. The van der Waals surface area contributed by atoms with Gasteiger partial charge >= 0.3 is 0 Å². The number of rotatable bonds is 4. The normalized spacial score (nSPS) is 13.1. The third-order valence-corrected chi connectivity index (χ3v) is 4.75. The van der Waals surface area contributed by atoms with Crippen molar-refractivity contribution in [3.05, 3.63) is 76.6 Å². The molecule has 4 rings (SSSR count). The number of nitriles is 1. The van der Waals surface area contributed by atoms with Crippen LogP contribution in [0.4, 0.5) is 0 Å². The Morgan fingerprint density at radius 1 is 1.12 bits per heavy atom. The lowest BCUT2D eigenvalue weighted by Crippen LogP contribution is -1.92. The van der Waals surface area contributed by atoms with E-state index in [4.69, 9.17) is 9.47 Å². The quantitative estimate of drug-likeness (QED) is 0.477. The predicted octanol–water partition coefficient (Wildman–Crippen LogP) is 5.16. The van der Waals surface area contributed by atoms with Crippen LogP contribution in [0.15, 0.2) is 66.1 Å². The molecule has 0 saturated heterocycles. The van der Waals surface area contributed by atoms with Crippen molar-refractivity contribution in [2.24, 2.45) is 0 Å². The first kappa shape index (κ1) is 16.1. The molecule has 1 aliphatic rings. The van der Waals surface area contributed by atoms with Crippen molar-refractivity contribution in [3.63, 3.8) is 0 Å². The molecule has 5 heteroatoms. The number of hydrogen-bond donors (Lipinski definition) is 0. The SMILES string of the molecule is N#C/C(=C/C=C/c1ccccc1)c1nc(-c2ccc3c(c2)OCO3)cs1. The monoisotopic (exact) mass is 358 g/mol. The van der Waals surface area contributed by atoms with Gasteiger partial charge in [-0.3, -0.25) is 0 Å². The van der Waals surface area contributed by atoms with Gasteiger partial charge in [0.05, 0.1) is 11.3 Å². The van der Waals surface area contributed by atoms with Crippen molar-refractivity contribution in [3.8, 4) is 28.8 Å². The zero-order chi connectivity index (χ0) is 17.8. The lowest BCUT2D eigenvalue weighted by atomic mass is 10.1. The van der Waals surface area contributed by atoms with Gasteiger partial charge in [0.25, 0.3) is 0 Å². The van der Waals surface area contributed by atoms with Gasteiger partial charge in [-0.15, -0.1) is 11.3 Å². The fourth-order valence-electron chi connectivity index (χ4n) is 2.56. The van der Waals surface area contributed by atoms with Gasteiger partial charge in [-0.2, -0.15) is 5.26 Å². The fraction of sp³-hybridized carbons (Fsp3) is 0.0476. The Labute approximate surface area is 155 Å². The third kappa shape index (κ3) is 3.37. The number of allylic oxidation sites excluding steroid dienone is 3. The van der Waals surface area contributed by atoms with E-state index in [-0.39, 0.29) is 6.79 Å². The van der Waals surface area contributed by atoms with E-state index in [1.54, 1.807) is 6.08 Å². The Morgan fingerprint density at radius 2 is 1.96 bits per heavy atom. The molecule has 3 aromatic rings. The summed E-state index contributed by atoms with van der Waals surface area (Å²) in [4.78, 5) is 4.60. The number of nitrogens with zero attached hydrogens (tertiary/aromatic N) is 2. The summed E-state index contributed by atoms with van der Waals surface area (Å²) in [6.45, 7) is 0.246. The van der Waals surface area contributed by atoms with Crippen LogP contribution in [0.2, 0.25) is 0 Å². The summed E-state index contributed by atoms with van der Waals surface area (Å²) in [5, 5.41) is 12.1. The maximum absolute atomic E-state index is 9.46. The number of aromatic nitrogens is 1. The molecule has 0 N–H and O–H groups in total. The van der Waals surface area contributed by atoms with E-state index in [0.29, 0.717) is 10.6 Å². The molecule has 126 valence electrons. The van der Waals surface area contributed by atoms with Crippen LogP contribution in [-0.2, 0) is 0 Å². The molecule has 0 atom stereocenters. The van der Waals surface area contributed by atoms with E-state index < -0.39 is 0 Å². The average Bonchev–Trinajstić information content (AvgIpc) is 3.35. The van der Waals surface area contributed by atoms with Crippen molar-refractivity contribution in [1.82, 2.24) is 4.98 Å². The lowest BCUT2D eigenvalue weighted by molar-refractivity contribution is 0.174. The van der Waals surface area contributed by atoms with E-state index in [0.717, 1.165) is 28.3 Å². The number of fused-ring (bicyclic) bond motifs is 1. The molecule has 1 aliphatic heterocycles. The molecular weight excluding hydrogens is 344 g/mol. The topological polar surface area (TPSA) is 55.1 Å². The highest BCUT2D eigenvalue weighted by Gasteiger charge is 2.15. The fourth-order valence-corrected chi connectivity index (χ4v) is 3.37. The Bertz CT molecular complexity index is 1030. The number of benzene rings is 2. The zero-order valence-corrected chi connectivity index (χ0v) is 14.6. The maximum Gasteiger partial charge on any atom is 0.231 e. The molecule has 0 radical (unpaired) electrons. The van der Waals surface area contributed by atoms with Crippen LogP contribution in [0.1, 0.15) is 10.6 Å². The van der Waals surface area contributed by atoms with Crippen LogP contribution in [0.5, 0.6) is 11.5 Å². The van der Waals surface area contributed by atoms with Crippen LogP contribution >= 0.6 is 11.3 Å². The highest BCUT2D eigenvalue weighted by molar-refractivity contribution is 7.11. The minimum Gasteiger partial charge on any atom is -0.454 e.